The van der Waals surface area contributed by atoms with Gasteiger partial charge in [0.25, 0.3) is 0 Å². The minimum atomic E-state index is -1.35. The van der Waals surface area contributed by atoms with Gasteiger partial charge in [-0.05, 0) is 24.3 Å². The van der Waals surface area contributed by atoms with Gasteiger partial charge in [-0.1, -0.05) is 12.1 Å². The summed E-state index contributed by atoms with van der Waals surface area (Å²) in [5.41, 5.74) is -0.931. The van der Waals surface area contributed by atoms with Crippen molar-refractivity contribution in [3.05, 3.63) is 47.5 Å². The predicted molar refractivity (Wildman–Crippen MR) is 73.5 cm³/mol. The second kappa shape index (κ2) is 8.52. The second-order valence-corrected chi connectivity index (χ2v) is 3.95. The first-order valence-electron chi connectivity index (χ1n) is 5.74. The maximum absolute atomic E-state index is 10.3. The number of carbonyl (C=O) groups is 2. The van der Waals surface area contributed by atoms with E-state index in [1.165, 1.54) is 36.4 Å². The number of benzene rings is 2. The van der Waals surface area contributed by atoms with Gasteiger partial charge in [-0.25, -0.2) is 9.59 Å². The SMILES string of the molecule is O=C(O)c1c(O)cccc1O.O=C(O)c1c(O)cccc1O.[Fe]. The molecule has 0 saturated heterocycles. The van der Waals surface area contributed by atoms with Crippen molar-refractivity contribution >= 4 is 11.9 Å². The molecule has 0 aliphatic rings. The van der Waals surface area contributed by atoms with E-state index in [1.54, 1.807) is 0 Å². The zero-order valence-corrected chi connectivity index (χ0v) is 12.4. The number of phenols is 4. The number of hydrogen-bond donors (Lipinski definition) is 6. The van der Waals surface area contributed by atoms with Crippen LogP contribution in [0.4, 0.5) is 0 Å². The molecule has 2 aromatic rings. The molecule has 2 aromatic carbocycles. The van der Waals surface area contributed by atoms with Crippen LogP contribution in [0.2, 0.25) is 0 Å². The summed E-state index contributed by atoms with van der Waals surface area (Å²) in [6.45, 7) is 0. The van der Waals surface area contributed by atoms with Gasteiger partial charge in [0.2, 0.25) is 0 Å². The molecule has 0 aromatic heterocycles. The minimum Gasteiger partial charge on any atom is -0.507 e. The Morgan fingerprint density at radius 2 is 0.826 bits per heavy atom. The van der Waals surface area contributed by atoms with Crippen molar-refractivity contribution in [1.29, 1.82) is 0 Å². The Hall–Kier alpha value is -2.90. The molecule has 9 heteroatoms. The van der Waals surface area contributed by atoms with E-state index >= 15 is 0 Å². The number of hydrogen-bond acceptors (Lipinski definition) is 6. The summed E-state index contributed by atoms with van der Waals surface area (Å²) in [4.78, 5) is 20.6. The van der Waals surface area contributed by atoms with Crippen molar-refractivity contribution in [1.82, 2.24) is 0 Å². The Kier molecular flexibility index (Phi) is 7.45. The number of carboxylic acid groups (broad SMARTS) is 2. The van der Waals surface area contributed by atoms with Crippen LogP contribution in [0, 0.1) is 0 Å². The summed E-state index contributed by atoms with van der Waals surface area (Å²) < 4.78 is 0. The molecule has 0 radical (unpaired) electrons. The Balaban J connectivity index is 0.000000403. The smallest absolute Gasteiger partial charge is 0.343 e. The molecule has 0 fully saturated rings. The molecular weight excluding hydrogens is 352 g/mol. The quantitative estimate of drug-likeness (QED) is 0.439. The Labute approximate surface area is 140 Å². The van der Waals surface area contributed by atoms with E-state index in [-0.39, 0.29) is 17.1 Å². The molecule has 2 rings (SSSR count). The Bertz CT molecular complexity index is 612. The van der Waals surface area contributed by atoms with Crippen molar-refractivity contribution in [2.75, 3.05) is 0 Å². The van der Waals surface area contributed by atoms with E-state index in [1.807, 2.05) is 0 Å². The first-order valence-corrected chi connectivity index (χ1v) is 5.74. The van der Waals surface area contributed by atoms with Gasteiger partial charge in [0.1, 0.15) is 34.1 Å². The average Bonchev–Trinajstić information content (AvgIpc) is 2.38. The van der Waals surface area contributed by atoms with Crippen molar-refractivity contribution < 1.29 is 57.3 Å². The molecule has 0 spiro atoms. The number of aromatic hydroxyl groups is 4. The normalized spacial score (nSPS) is 9.04. The van der Waals surface area contributed by atoms with E-state index in [0.717, 1.165) is 0 Å². The van der Waals surface area contributed by atoms with Gasteiger partial charge in [-0.3, -0.25) is 0 Å². The zero-order valence-electron chi connectivity index (χ0n) is 11.3. The van der Waals surface area contributed by atoms with Gasteiger partial charge in [0.05, 0.1) is 0 Å². The van der Waals surface area contributed by atoms with Gasteiger partial charge in [-0.15, -0.1) is 0 Å². The second-order valence-electron chi connectivity index (χ2n) is 3.95. The monoisotopic (exact) mass is 364 g/mol. The summed E-state index contributed by atoms with van der Waals surface area (Å²) in [5.74, 6) is -4.42. The average molecular weight is 364 g/mol. The summed E-state index contributed by atoms with van der Waals surface area (Å²) in [6.07, 6.45) is 0. The fourth-order valence-electron chi connectivity index (χ4n) is 1.49. The zero-order chi connectivity index (χ0) is 16.9. The molecular formula is C14H12FeO8. The molecule has 124 valence electrons. The standard InChI is InChI=1S/2C7H6O4.Fe/c2*8-4-2-1-3-5(9)6(4)7(10)11;/h2*1-3,8-9H,(H,10,11);. The Morgan fingerprint density at radius 1 is 0.609 bits per heavy atom. The maximum atomic E-state index is 10.3. The summed E-state index contributed by atoms with van der Waals surface area (Å²) in [5, 5.41) is 52.5. The van der Waals surface area contributed by atoms with Crippen molar-refractivity contribution in [3.8, 4) is 23.0 Å². The molecule has 8 nitrogen and oxygen atoms in total. The third-order valence-electron chi connectivity index (χ3n) is 2.47. The van der Waals surface area contributed by atoms with E-state index in [9.17, 15) is 9.59 Å². The van der Waals surface area contributed by atoms with Crippen LogP contribution in [0.1, 0.15) is 20.7 Å². The summed E-state index contributed by atoms with van der Waals surface area (Å²) >= 11 is 0. The molecule has 0 saturated carbocycles. The van der Waals surface area contributed by atoms with Crippen molar-refractivity contribution in [3.63, 3.8) is 0 Å². The maximum Gasteiger partial charge on any atom is 0.343 e. The first kappa shape index (κ1) is 20.1. The van der Waals surface area contributed by atoms with Crippen molar-refractivity contribution in [2.45, 2.75) is 0 Å². The fraction of sp³-hybridized carbons (Fsp3) is 0. The van der Waals surface area contributed by atoms with E-state index in [4.69, 9.17) is 30.6 Å². The predicted octanol–water partition coefficient (Wildman–Crippen LogP) is 1.59. The van der Waals surface area contributed by atoms with Gasteiger partial charge in [0.15, 0.2) is 0 Å². The van der Waals surface area contributed by atoms with E-state index in [0.29, 0.717) is 0 Å². The van der Waals surface area contributed by atoms with Gasteiger partial charge < -0.3 is 30.6 Å². The molecule has 23 heavy (non-hydrogen) atoms. The van der Waals surface area contributed by atoms with Crippen LogP contribution in [0.15, 0.2) is 36.4 Å². The summed E-state index contributed by atoms with van der Waals surface area (Å²) in [6, 6.07) is 7.51. The third-order valence-corrected chi connectivity index (χ3v) is 2.47. The molecule has 0 atom stereocenters. The van der Waals surface area contributed by atoms with Gasteiger partial charge in [-0.2, -0.15) is 0 Å². The molecule has 0 aliphatic heterocycles. The van der Waals surface area contributed by atoms with Crippen LogP contribution in [-0.2, 0) is 17.1 Å². The molecule has 0 aliphatic carbocycles. The van der Waals surface area contributed by atoms with Gasteiger partial charge >= 0.3 is 11.9 Å². The van der Waals surface area contributed by atoms with Crippen LogP contribution < -0.4 is 0 Å². The topological polar surface area (TPSA) is 156 Å². The minimum absolute atomic E-state index is 0. The number of aromatic carboxylic acids is 2. The molecule has 0 amide bonds. The van der Waals surface area contributed by atoms with E-state index in [2.05, 4.69) is 0 Å². The third kappa shape index (κ3) is 5.10. The van der Waals surface area contributed by atoms with Crippen LogP contribution in [0.25, 0.3) is 0 Å². The fourth-order valence-corrected chi connectivity index (χ4v) is 1.49. The number of rotatable bonds is 2. The molecule has 0 heterocycles. The van der Waals surface area contributed by atoms with Crippen LogP contribution in [0.5, 0.6) is 23.0 Å². The van der Waals surface area contributed by atoms with E-state index < -0.39 is 46.1 Å². The van der Waals surface area contributed by atoms with Crippen LogP contribution in [0.3, 0.4) is 0 Å². The van der Waals surface area contributed by atoms with Crippen molar-refractivity contribution in [2.24, 2.45) is 0 Å². The largest absolute Gasteiger partial charge is 0.507 e. The molecule has 0 bridgehead atoms. The number of carboxylic acids is 2. The Morgan fingerprint density at radius 3 is 0.957 bits per heavy atom. The van der Waals surface area contributed by atoms with Crippen LogP contribution in [-0.4, -0.2) is 42.6 Å². The first-order chi connectivity index (χ1) is 10.3. The van der Waals surface area contributed by atoms with Gasteiger partial charge in [0, 0.05) is 17.1 Å². The summed E-state index contributed by atoms with van der Waals surface area (Å²) in [7, 11) is 0. The molecule has 0 unspecified atom stereocenters. The van der Waals surface area contributed by atoms with Crippen LogP contribution >= 0.6 is 0 Å². The molecule has 6 N–H and O–H groups in total.